The molecule has 90 valence electrons. The summed E-state index contributed by atoms with van der Waals surface area (Å²) in [4.78, 5) is 5.33. The molecule has 1 heterocycles. The van der Waals surface area contributed by atoms with E-state index in [0.717, 1.165) is 0 Å². The van der Waals surface area contributed by atoms with Gasteiger partial charge in [-0.2, -0.15) is 0 Å². The van der Waals surface area contributed by atoms with Gasteiger partial charge in [-0.25, -0.2) is 0 Å². The fraction of sp³-hybridized carbons (Fsp3) is 1.00. The Balaban J connectivity index is 2.53. The predicted molar refractivity (Wildman–Crippen MR) is 67.0 cm³/mol. The first-order valence-corrected chi connectivity index (χ1v) is 6.81. The van der Waals surface area contributed by atoms with Gasteiger partial charge in [0.05, 0.1) is 6.17 Å². The molecule has 1 saturated heterocycles. The lowest BCUT2D eigenvalue weighted by Crippen LogP contribution is -2.50. The Kier molecular flexibility index (Phi) is 6.26. The van der Waals surface area contributed by atoms with Crippen LogP contribution in [0.15, 0.2) is 0 Å². The summed E-state index contributed by atoms with van der Waals surface area (Å²) < 4.78 is 0. The molecule has 2 nitrogen and oxygen atoms in total. The molecule has 0 bridgehead atoms. The third kappa shape index (κ3) is 3.76. The van der Waals surface area contributed by atoms with Gasteiger partial charge in [0.15, 0.2) is 0 Å². The molecule has 1 aliphatic heterocycles. The Bertz CT molecular complexity index is 149. The first-order valence-electron chi connectivity index (χ1n) is 6.81. The molecule has 1 atom stereocenters. The molecule has 0 saturated carbocycles. The highest BCUT2D eigenvalue weighted by Crippen LogP contribution is 2.18. The fourth-order valence-electron chi connectivity index (χ4n) is 2.72. The molecule has 0 N–H and O–H groups in total. The Morgan fingerprint density at radius 3 is 2.07 bits per heavy atom. The van der Waals surface area contributed by atoms with Crippen LogP contribution in [0.4, 0.5) is 0 Å². The summed E-state index contributed by atoms with van der Waals surface area (Å²) in [6, 6.07) is 0. The van der Waals surface area contributed by atoms with Crippen molar-refractivity contribution >= 4 is 0 Å². The largest absolute Gasteiger partial charge is 0.288 e. The number of rotatable bonds is 6. The van der Waals surface area contributed by atoms with Crippen LogP contribution in [0.3, 0.4) is 0 Å². The molecule has 0 aromatic carbocycles. The van der Waals surface area contributed by atoms with Crippen LogP contribution in [0.2, 0.25) is 0 Å². The van der Waals surface area contributed by atoms with Gasteiger partial charge >= 0.3 is 0 Å². The van der Waals surface area contributed by atoms with Crippen LogP contribution in [0.1, 0.15) is 52.9 Å². The molecular weight excluding hydrogens is 184 g/mol. The Hall–Kier alpha value is -0.0800. The minimum absolute atomic E-state index is 0.713. The Labute approximate surface area is 95.6 Å². The average molecular weight is 212 g/mol. The molecule has 1 unspecified atom stereocenters. The fourth-order valence-corrected chi connectivity index (χ4v) is 2.72. The molecule has 2 heteroatoms. The van der Waals surface area contributed by atoms with Crippen molar-refractivity contribution in [2.75, 3.05) is 26.2 Å². The molecule has 0 aromatic heterocycles. The van der Waals surface area contributed by atoms with E-state index in [4.69, 9.17) is 0 Å². The van der Waals surface area contributed by atoms with E-state index in [9.17, 15) is 0 Å². The van der Waals surface area contributed by atoms with E-state index in [2.05, 4.69) is 30.6 Å². The van der Waals surface area contributed by atoms with Crippen LogP contribution in [0.25, 0.3) is 0 Å². The van der Waals surface area contributed by atoms with Gasteiger partial charge in [0.2, 0.25) is 0 Å². The number of likely N-dealkylation sites (tertiary alicyclic amines) is 1. The molecule has 1 rings (SSSR count). The first kappa shape index (κ1) is 13.0. The summed E-state index contributed by atoms with van der Waals surface area (Å²) in [5.41, 5.74) is 0. The summed E-state index contributed by atoms with van der Waals surface area (Å²) in [6.07, 6.45) is 7.60. The maximum atomic E-state index is 2.71. The number of piperidine rings is 1. The number of nitrogens with zero attached hydrogens (tertiary/aromatic N) is 2. The summed E-state index contributed by atoms with van der Waals surface area (Å²) in [6.45, 7) is 11.9. The zero-order chi connectivity index (χ0) is 11.1. The molecule has 0 aliphatic carbocycles. The van der Waals surface area contributed by atoms with Crippen molar-refractivity contribution in [3.63, 3.8) is 0 Å². The van der Waals surface area contributed by atoms with Crippen molar-refractivity contribution in [2.24, 2.45) is 0 Å². The van der Waals surface area contributed by atoms with Crippen LogP contribution in [0.5, 0.6) is 0 Å². The van der Waals surface area contributed by atoms with Gasteiger partial charge in [0.1, 0.15) is 0 Å². The van der Waals surface area contributed by atoms with Gasteiger partial charge in [-0.15, -0.1) is 0 Å². The summed E-state index contributed by atoms with van der Waals surface area (Å²) in [5, 5.41) is 0. The van der Waals surface area contributed by atoms with E-state index in [1.165, 1.54) is 58.3 Å². The van der Waals surface area contributed by atoms with Crippen LogP contribution in [-0.2, 0) is 0 Å². The lowest BCUT2D eigenvalue weighted by molar-refractivity contribution is 0.0289. The average Bonchev–Trinajstić information content (AvgIpc) is 2.30. The highest BCUT2D eigenvalue weighted by atomic mass is 15.3. The smallest absolute Gasteiger partial charge is 0.0622 e. The highest BCUT2D eigenvalue weighted by Gasteiger charge is 2.23. The van der Waals surface area contributed by atoms with Crippen molar-refractivity contribution in [3.05, 3.63) is 0 Å². The molecule has 0 amide bonds. The van der Waals surface area contributed by atoms with Crippen molar-refractivity contribution in [3.8, 4) is 0 Å². The van der Waals surface area contributed by atoms with E-state index in [-0.39, 0.29) is 0 Å². The maximum absolute atomic E-state index is 2.71. The second-order valence-electron chi connectivity index (χ2n) is 4.59. The van der Waals surface area contributed by atoms with Crippen LogP contribution < -0.4 is 0 Å². The van der Waals surface area contributed by atoms with Gasteiger partial charge < -0.3 is 0 Å². The molecule has 0 aromatic rings. The molecule has 1 aliphatic rings. The highest BCUT2D eigenvalue weighted by molar-refractivity contribution is 4.75. The summed E-state index contributed by atoms with van der Waals surface area (Å²) >= 11 is 0. The van der Waals surface area contributed by atoms with Crippen molar-refractivity contribution in [2.45, 2.75) is 59.0 Å². The van der Waals surface area contributed by atoms with Crippen molar-refractivity contribution < 1.29 is 0 Å². The van der Waals surface area contributed by atoms with Gasteiger partial charge in [0.25, 0.3) is 0 Å². The van der Waals surface area contributed by atoms with E-state index < -0.39 is 0 Å². The number of hydrogen-bond acceptors (Lipinski definition) is 2. The van der Waals surface area contributed by atoms with Gasteiger partial charge in [-0.3, -0.25) is 9.80 Å². The normalized spacial score (nSPS) is 20.8. The molecule has 1 fully saturated rings. The Morgan fingerprint density at radius 1 is 1.00 bits per heavy atom. The van der Waals surface area contributed by atoms with E-state index in [1.807, 2.05) is 0 Å². The zero-order valence-corrected chi connectivity index (χ0v) is 10.8. The van der Waals surface area contributed by atoms with Crippen LogP contribution in [-0.4, -0.2) is 42.1 Å². The van der Waals surface area contributed by atoms with E-state index in [0.29, 0.717) is 6.17 Å². The lowest BCUT2D eigenvalue weighted by Gasteiger charge is -2.40. The summed E-state index contributed by atoms with van der Waals surface area (Å²) in [5.74, 6) is 0. The van der Waals surface area contributed by atoms with Crippen molar-refractivity contribution in [1.29, 1.82) is 0 Å². The lowest BCUT2D eigenvalue weighted by atomic mass is 10.1. The topological polar surface area (TPSA) is 6.48 Å². The molecule has 15 heavy (non-hydrogen) atoms. The SMILES string of the molecule is CCCC(N(CC)CC)N1CCCCC1. The standard InChI is InChI=1S/C13H28N2/c1-4-10-13(14(5-2)6-3)15-11-8-7-9-12-15/h13H,4-12H2,1-3H3. The van der Waals surface area contributed by atoms with E-state index >= 15 is 0 Å². The van der Waals surface area contributed by atoms with E-state index in [1.54, 1.807) is 0 Å². The van der Waals surface area contributed by atoms with Gasteiger partial charge in [-0.05, 0) is 45.4 Å². The van der Waals surface area contributed by atoms with Gasteiger partial charge in [-0.1, -0.05) is 33.6 Å². The molecular formula is C13H28N2. The number of hydrogen-bond donors (Lipinski definition) is 0. The van der Waals surface area contributed by atoms with Crippen molar-refractivity contribution in [1.82, 2.24) is 9.80 Å². The quantitative estimate of drug-likeness (QED) is 0.668. The third-order valence-electron chi connectivity index (χ3n) is 3.59. The summed E-state index contributed by atoms with van der Waals surface area (Å²) in [7, 11) is 0. The monoisotopic (exact) mass is 212 g/mol. The second-order valence-corrected chi connectivity index (χ2v) is 4.59. The minimum atomic E-state index is 0.713. The second kappa shape index (κ2) is 7.24. The third-order valence-corrected chi connectivity index (χ3v) is 3.59. The minimum Gasteiger partial charge on any atom is -0.288 e. The molecule has 0 spiro atoms. The first-order chi connectivity index (χ1) is 7.33. The molecule has 0 radical (unpaired) electrons. The van der Waals surface area contributed by atoms with Crippen LogP contribution in [0, 0.1) is 0 Å². The zero-order valence-electron chi connectivity index (χ0n) is 10.8. The van der Waals surface area contributed by atoms with Crippen LogP contribution >= 0.6 is 0 Å². The van der Waals surface area contributed by atoms with Gasteiger partial charge in [0, 0.05) is 0 Å². The Morgan fingerprint density at radius 2 is 1.60 bits per heavy atom. The predicted octanol–water partition coefficient (Wildman–Crippen LogP) is 2.94. The maximum Gasteiger partial charge on any atom is 0.0622 e.